The number of carbonyl (C=O) groups excluding carboxylic acids is 1. The Kier molecular flexibility index (Phi) is 3.49. The van der Waals surface area contributed by atoms with Crippen LogP contribution in [-0.2, 0) is 16.0 Å². The van der Waals surface area contributed by atoms with Gasteiger partial charge >= 0.3 is 0 Å². The SMILES string of the molecule is O=C(Cc1ccccc1[N+](=O)[O-])C1CCOC1. The minimum atomic E-state index is -0.451. The third-order valence-corrected chi connectivity index (χ3v) is 2.94. The van der Waals surface area contributed by atoms with Gasteiger partial charge in [-0.3, -0.25) is 14.9 Å². The molecule has 1 aliphatic rings. The van der Waals surface area contributed by atoms with Gasteiger partial charge in [0.2, 0.25) is 0 Å². The predicted octanol–water partition coefficient (Wildman–Crippen LogP) is 1.74. The highest BCUT2D eigenvalue weighted by Crippen LogP contribution is 2.22. The average Bonchev–Trinajstić information content (AvgIpc) is 2.83. The Labute approximate surface area is 98.5 Å². The molecule has 0 bridgehead atoms. The number of ketones is 1. The molecule has 0 amide bonds. The molecule has 0 aromatic heterocycles. The maximum atomic E-state index is 11.9. The van der Waals surface area contributed by atoms with E-state index < -0.39 is 4.92 Å². The van der Waals surface area contributed by atoms with Gasteiger partial charge < -0.3 is 4.74 Å². The molecule has 90 valence electrons. The normalized spacial score (nSPS) is 19.2. The van der Waals surface area contributed by atoms with Crippen molar-refractivity contribution in [3.05, 3.63) is 39.9 Å². The lowest BCUT2D eigenvalue weighted by molar-refractivity contribution is -0.385. The summed E-state index contributed by atoms with van der Waals surface area (Å²) in [5.41, 5.74) is 0.495. The molecule has 5 heteroatoms. The van der Waals surface area contributed by atoms with E-state index in [9.17, 15) is 14.9 Å². The molecule has 2 rings (SSSR count). The van der Waals surface area contributed by atoms with Crippen LogP contribution in [0.1, 0.15) is 12.0 Å². The monoisotopic (exact) mass is 235 g/mol. The summed E-state index contributed by atoms with van der Waals surface area (Å²) in [5, 5.41) is 10.8. The van der Waals surface area contributed by atoms with Crippen LogP contribution in [0, 0.1) is 16.0 Å². The molecule has 0 aliphatic carbocycles. The topological polar surface area (TPSA) is 69.4 Å². The molecule has 1 unspecified atom stereocenters. The standard InChI is InChI=1S/C12H13NO4/c14-12(10-5-6-17-8-10)7-9-3-1-2-4-11(9)13(15)16/h1-4,10H,5-8H2. The smallest absolute Gasteiger partial charge is 0.273 e. The fourth-order valence-electron chi connectivity index (χ4n) is 1.96. The van der Waals surface area contributed by atoms with Gasteiger partial charge in [-0.15, -0.1) is 0 Å². The van der Waals surface area contributed by atoms with Gasteiger partial charge in [-0.05, 0) is 6.42 Å². The first-order valence-electron chi connectivity index (χ1n) is 5.51. The molecule has 1 aromatic carbocycles. The summed E-state index contributed by atoms with van der Waals surface area (Å²) in [4.78, 5) is 22.2. The minimum absolute atomic E-state index is 0.0137. The second-order valence-corrected chi connectivity index (χ2v) is 4.09. The van der Waals surface area contributed by atoms with Crippen LogP contribution in [0.3, 0.4) is 0 Å². The van der Waals surface area contributed by atoms with Gasteiger partial charge in [0, 0.05) is 30.6 Å². The van der Waals surface area contributed by atoms with Gasteiger partial charge in [-0.25, -0.2) is 0 Å². The zero-order chi connectivity index (χ0) is 12.3. The summed E-state index contributed by atoms with van der Waals surface area (Å²) < 4.78 is 5.14. The highest BCUT2D eigenvalue weighted by molar-refractivity contribution is 5.84. The molecule has 1 fully saturated rings. The molecular formula is C12H13NO4. The van der Waals surface area contributed by atoms with E-state index in [0.29, 0.717) is 18.8 Å². The number of hydrogen-bond acceptors (Lipinski definition) is 4. The van der Waals surface area contributed by atoms with Crippen LogP contribution in [-0.4, -0.2) is 23.9 Å². The Morgan fingerprint density at radius 3 is 2.88 bits per heavy atom. The molecule has 17 heavy (non-hydrogen) atoms. The Morgan fingerprint density at radius 2 is 2.24 bits per heavy atom. The van der Waals surface area contributed by atoms with Crippen molar-refractivity contribution in [2.45, 2.75) is 12.8 Å². The number of para-hydroxylation sites is 1. The van der Waals surface area contributed by atoms with Crippen LogP contribution < -0.4 is 0 Å². The van der Waals surface area contributed by atoms with E-state index in [4.69, 9.17) is 4.74 Å². The Bertz CT molecular complexity index is 438. The first-order valence-corrected chi connectivity index (χ1v) is 5.51. The van der Waals surface area contributed by atoms with Crippen LogP contribution in [0.2, 0.25) is 0 Å². The highest BCUT2D eigenvalue weighted by Gasteiger charge is 2.25. The van der Waals surface area contributed by atoms with Crippen LogP contribution in [0.15, 0.2) is 24.3 Å². The van der Waals surface area contributed by atoms with Crippen molar-refractivity contribution in [2.24, 2.45) is 5.92 Å². The summed E-state index contributed by atoms with van der Waals surface area (Å²) in [5.74, 6) is -0.0772. The largest absolute Gasteiger partial charge is 0.381 e. The van der Waals surface area contributed by atoms with E-state index >= 15 is 0 Å². The number of hydrogen-bond donors (Lipinski definition) is 0. The second kappa shape index (κ2) is 5.05. The molecule has 1 atom stereocenters. The molecule has 0 saturated carbocycles. The number of nitro benzene ring substituents is 1. The van der Waals surface area contributed by atoms with Crippen molar-refractivity contribution in [2.75, 3.05) is 13.2 Å². The van der Waals surface area contributed by atoms with Gasteiger partial charge in [-0.2, -0.15) is 0 Å². The van der Waals surface area contributed by atoms with Crippen molar-refractivity contribution < 1.29 is 14.5 Å². The number of ether oxygens (including phenoxy) is 1. The number of carbonyl (C=O) groups is 1. The summed E-state index contributed by atoms with van der Waals surface area (Å²) in [6.07, 6.45) is 0.838. The van der Waals surface area contributed by atoms with Gasteiger partial charge in [-0.1, -0.05) is 18.2 Å². The number of nitrogens with zero attached hydrogens (tertiary/aromatic N) is 1. The molecular weight excluding hydrogens is 222 g/mol. The summed E-state index contributed by atoms with van der Waals surface area (Å²) in [6, 6.07) is 6.37. The van der Waals surface area contributed by atoms with Crippen molar-refractivity contribution in [3.63, 3.8) is 0 Å². The fourth-order valence-corrected chi connectivity index (χ4v) is 1.96. The molecule has 0 radical (unpaired) electrons. The van der Waals surface area contributed by atoms with E-state index in [1.807, 2.05) is 0 Å². The first kappa shape index (κ1) is 11.7. The summed E-state index contributed by atoms with van der Waals surface area (Å²) >= 11 is 0. The molecule has 1 saturated heterocycles. The molecule has 0 spiro atoms. The predicted molar refractivity (Wildman–Crippen MR) is 60.7 cm³/mol. The van der Waals surface area contributed by atoms with Crippen molar-refractivity contribution in [1.82, 2.24) is 0 Å². The third-order valence-electron chi connectivity index (χ3n) is 2.94. The van der Waals surface area contributed by atoms with Gasteiger partial charge in [0.15, 0.2) is 0 Å². The number of benzene rings is 1. The van der Waals surface area contributed by atoms with E-state index in [-0.39, 0.29) is 23.8 Å². The van der Waals surface area contributed by atoms with Crippen LogP contribution in [0.5, 0.6) is 0 Å². The molecule has 1 heterocycles. The van der Waals surface area contributed by atoms with Crippen molar-refractivity contribution in [3.8, 4) is 0 Å². The lowest BCUT2D eigenvalue weighted by Crippen LogP contribution is -2.17. The molecule has 1 aromatic rings. The maximum Gasteiger partial charge on any atom is 0.273 e. The van der Waals surface area contributed by atoms with Gasteiger partial charge in [0.1, 0.15) is 5.78 Å². The van der Waals surface area contributed by atoms with Crippen LogP contribution in [0.25, 0.3) is 0 Å². The highest BCUT2D eigenvalue weighted by atomic mass is 16.6. The Hall–Kier alpha value is -1.75. The minimum Gasteiger partial charge on any atom is -0.381 e. The molecule has 5 nitrogen and oxygen atoms in total. The summed E-state index contributed by atoms with van der Waals surface area (Å²) in [6.45, 7) is 1.05. The molecule has 0 N–H and O–H groups in total. The number of Topliss-reactive ketones (excluding diaryl/α,β-unsaturated/α-hetero) is 1. The van der Waals surface area contributed by atoms with E-state index in [1.54, 1.807) is 18.2 Å². The van der Waals surface area contributed by atoms with Crippen molar-refractivity contribution >= 4 is 11.5 Å². The van der Waals surface area contributed by atoms with Crippen molar-refractivity contribution in [1.29, 1.82) is 0 Å². The zero-order valence-electron chi connectivity index (χ0n) is 9.30. The van der Waals surface area contributed by atoms with E-state index in [1.165, 1.54) is 6.07 Å². The van der Waals surface area contributed by atoms with E-state index in [0.717, 1.165) is 6.42 Å². The van der Waals surface area contributed by atoms with Crippen LogP contribution >= 0.6 is 0 Å². The molecule has 1 aliphatic heterocycles. The average molecular weight is 235 g/mol. The zero-order valence-corrected chi connectivity index (χ0v) is 9.30. The number of nitro groups is 1. The lowest BCUT2D eigenvalue weighted by Gasteiger charge is -2.06. The Morgan fingerprint density at radius 1 is 1.47 bits per heavy atom. The van der Waals surface area contributed by atoms with Gasteiger partial charge in [0.25, 0.3) is 5.69 Å². The van der Waals surface area contributed by atoms with E-state index in [2.05, 4.69) is 0 Å². The maximum absolute atomic E-state index is 11.9. The fraction of sp³-hybridized carbons (Fsp3) is 0.417. The van der Waals surface area contributed by atoms with Gasteiger partial charge in [0.05, 0.1) is 11.5 Å². The Balaban J connectivity index is 2.12. The quantitative estimate of drug-likeness (QED) is 0.588. The lowest BCUT2D eigenvalue weighted by atomic mass is 9.96. The first-order chi connectivity index (χ1) is 8.18. The van der Waals surface area contributed by atoms with Crippen LogP contribution in [0.4, 0.5) is 5.69 Å². The summed E-state index contributed by atoms with van der Waals surface area (Å²) in [7, 11) is 0. The number of rotatable bonds is 4. The third kappa shape index (κ3) is 2.68. The second-order valence-electron chi connectivity index (χ2n) is 4.09.